The highest BCUT2D eigenvalue weighted by atomic mass is 35.5. The first-order chi connectivity index (χ1) is 11.6. The van der Waals surface area contributed by atoms with E-state index in [9.17, 15) is 10.1 Å². The number of hydrogen-bond donors (Lipinski definition) is 0. The first-order valence-electron chi connectivity index (χ1n) is 6.73. The minimum atomic E-state index is -0.408. The van der Waals surface area contributed by atoms with Gasteiger partial charge < -0.3 is 0 Å². The normalized spacial score (nSPS) is 11.0. The Hall–Kier alpha value is -2.71. The highest BCUT2D eigenvalue weighted by Crippen LogP contribution is 2.35. The molecule has 2 aromatic carbocycles. The number of nitro groups is 1. The topological polar surface area (TPSA) is 86.2 Å². The molecule has 0 bridgehead atoms. The fourth-order valence-corrected chi connectivity index (χ4v) is 2.89. The minimum Gasteiger partial charge on any atom is -0.258 e. The molecule has 0 spiro atoms. The second kappa shape index (κ2) is 7.24. The van der Waals surface area contributed by atoms with Crippen LogP contribution in [0.15, 0.2) is 70.0 Å². The van der Waals surface area contributed by atoms with Crippen molar-refractivity contribution in [3.63, 3.8) is 0 Å². The Bertz CT molecular complexity index is 881. The number of nitro benzene ring substituents is 1. The molecule has 24 heavy (non-hydrogen) atoms. The molecule has 0 amide bonds. The zero-order chi connectivity index (χ0) is 16.9. The van der Waals surface area contributed by atoms with Gasteiger partial charge in [-0.15, -0.1) is 10.2 Å². The molecule has 3 aromatic rings. The highest BCUT2D eigenvalue weighted by molar-refractivity contribution is 7.99. The lowest BCUT2D eigenvalue weighted by Crippen LogP contribution is -1.94. The average molecular weight is 360 g/mol. The average Bonchev–Trinajstić information content (AvgIpc) is 3.09. The van der Waals surface area contributed by atoms with Gasteiger partial charge in [0.15, 0.2) is 0 Å². The monoisotopic (exact) mass is 359 g/mol. The van der Waals surface area contributed by atoms with Crippen LogP contribution >= 0.6 is 23.4 Å². The molecule has 0 N–H and O–H groups in total. The van der Waals surface area contributed by atoms with Crippen molar-refractivity contribution in [3.8, 4) is 0 Å². The fourth-order valence-electron chi connectivity index (χ4n) is 1.86. The first kappa shape index (κ1) is 16.2. The molecule has 0 saturated carbocycles. The van der Waals surface area contributed by atoms with Gasteiger partial charge in [-0.2, -0.15) is 5.10 Å². The van der Waals surface area contributed by atoms with Gasteiger partial charge in [-0.05, 0) is 30.3 Å². The van der Waals surface area contributed by atoms with Crippen molar-refractivity contribution in [2.45, 2.75) is 9.79 Å². The van der Waals surface area contributed by atoms with Crippen molar-refractivity contribution in [2.24, 2.45) is 5.10 Å². The third kappa shape index (κ3) is 3.98. The number of benzene rings is 2. The summed E-state index contributed by atoms with van der Waals surface area (Å²) in [6.45, 7) is 0. The maximum Gasteiger partial charge on any atom is 0.283 e. The van der Waals surface area contributed by atoms with Gasteiger partial charge in [-0.1, -0.05) is 29.4 Å². The number of nitrogens with zero attached hydrogens (tertiary/aromatic N) is 5. The van der Waals surface area contributed by atoms with E-state index in [1.165, 1.54) is 41.4 Å². The molecule has 1 aromatic heterocycles. The van der Waals surface area contributed by atoms with Crippen LogP contribution in [0, 0.1) is 10.1 Å². The molecule has 0 fully saturated rings. The van der Waals surface area contributed by atoms with Gasteiger partial charge in [-0.3, -0.25) is 10.1 Å². The van der Waals surface area contributed by atoms with Crippen molar-refractivity contribution in [3.05, 3.63) is 75.8 Å². The van der Waals surface area contributed by atoms with E-state index in [1.807, 2.05) is 12.1 Å². The van der Waals surface area contributed by atoms with Crippen molar-refractivity contribution < 1.29 is 4.92 Å². The van der Waals surface area contributed by atoms with Gasteiger partial charge in [-0.25, -0.2) is 4.68 Å². The molecule has 120 valence electrons. The van der Waals surface area contributed by atoms with Crippen LogP contribution in [0.25, 0.3) is 0 Å². The summed E-state index contributed by atoms with van der Waals surface area (Å²) in [6, 6.07) is 12.1. The van der Waals surface area contributed by atoms with Crippen LogP contribution in [-0.4, -0.2) is 26.0 Å². The van der Waals surface area contributed by atoms with Gasteiger partial charge in [0.25, 0.3) is 5.69 Å². The standard InChI is InChI=1S/C15H10ClN5O2S/c16-12-2-4-13(5-3-12)24-15-6-1-11(7-14(15)21(22)23)8-19-20-9-17-18-10-20/h1-10H. The molecule has 0 aliphatic carbocycles. The third-order valence-electron chi connectivity index (χ3n) is 2.97. The summed E-state index contributed by atoms with van der Waals surface area (Å²) in [5.41, 5.74) is 0.624. The summed E-state index contributed by atoms with van der Waals surface area (Å²) in [4.78, 5) is 12.4. The van der Waals surface area contributed by atoms with Crippen LogP contribution in [-0.2, 0) is 0 Å². The molecule has 9 heteroatoms. The van der Waals surface area contributed by atoms with Crippen LogP contribution in [0.3, 0.4) is 0 Å². The zero-order valence-electron chi connectivity index (χ0n) is 12.1. The molecule has 1 heterocycles. The number of aromatic nitrogens is 3. The lowest BCUT2D eigenvalue weighted by Gasteiger charge is -2.04. The molecular formula is C15H10ClN5O2S. The Kier molecular flexibility index (Phi) is 4.88. The highest BCUT2D eigenvalue weighted by Gasteiger charge is 2.15. The molecule has 0 atom stereocenters. The number of halogens is 1. The first-order valence-corrected chi connectivity index (χ1v) is 7.92. The van der Waals surface area contributed by atoms with E-state index in [-0.39, 0.29) is 5.69 Å². The summed E-state index contributed by atoms with van der Waals surface area (Å²) in [7, 11) is 0. The van der Waals surface area contributed by atoms with E-state index in [4.69, 9.17) is 11.6 Å². The third-order valence-corrected chi connectivity index (χ3v) is 4.29. The predicted octanol–water partition coefficient (Wildman–Crippen LogP) is 3.87. The lowest BCUT2D eigenvalue weighted by atomic mass is 10.2. The van der Waals surface area contributed by atoms with Gasteiger partial charge in [0, 0.05) is 21.5 Å². The van der Waals surface area contributed by atoms with E-state index >= 15 is 0 Å². The molecule has 0 saturated heterocycles. The fraction of sp³-hybridized carbons (Fsp3) is 0. The Morgan fingerprint density at radius 2 is 1.88 bits per heavy atom. The quantitative estimate of drug-likeness (QED) is 0.392. The minimum absolute atomic E-state index is 0.0163. The van der Waals surface area contributed by atoms with Crippen molar-refractivity contribution in [1.82, 2.24) is 14.9 Å². The van der Waals surface area contributed by atoms with Crippen molar-refractivity contribution in [2.75, 3.05) is 0 Å². The van der Waals surface area contributed by atoms with E-state index in [2.05, 4.69) is 15.3 Å². The lowest BCUT2D eigenvalue weighted by molar-refractivity contribution is -0.387. The Morgan fingerprint density at radius 1 is 1.17 bits per heavy atom. The van der Waals surface area contributed by atoms with Crippen LogP contribution in [0.1, 0.15) is 5.56 Å². The molecule has 0 aliphatic heterocycles. The second-order valence-corrected chi connectivity index (χ2v) is 6.18. The van der Waals surface area contributed by atoms with E-state index < -0.39 is 4.92 Å². The SMILES string of the molecule is O=[N+]([O-])c1cc(C=Nn2cnnc2)ccc1Sc1ccc(Cl)cc1. The smallest absolute Gasteiger partial charge is 0.258 e. The largest absolute Gasteiger partial charge is 0.283 e. The summed E-state index contributed by atoms with van der Waals surface area (Å²) < 4.78 is 1.40. The summed E-state index contributed by atoms with van der Waals surface area (Å²) in [5.74, 6) is 0. The van der Waals surface area contributed by atoms with E-state index in [0.29, 0.717) is 15.5 Å². The summed E-state index contributed by atoms with van der Waals surface area (Å²) >= 11 is 7.16. The van der Waals surface area contributed by atoms with Gasteiger partial charge in [0.2, 0.25) is 0 Å². The Labute approximate surface area is 146 Å². The summed E-state index contributed by atoms with van der Waals surface area (Å²) in [5, 5.41) is 23.3. The van der Waals surface area contributed by atoms with E-state index in [1.54, 1.807) is 24.3 Å². The van der Waals surface area contributed by atoms with Gasteiger partial charge >= 0.3 is 0 Å². The zero-order valence-corrected chi connectivity index (χ0v) is 13.7. The molecule has 0 unspecified atom stereocenters. The molecule has 0 aliphatic rings. The number of hydrogen-bond acceptors (Lipinski definition) is 6. The molecule has 7 nitrogen and oxygen atoms in total. The van der Waals surface area contributed by atoms with Gasteiger partial charge in [0.1, 0.15) is 12.7 Å². The molecule has 3 rings (SSSR count). The molecule has 0 radical (unpaired) electrons. The van der Waals surface area contributed by atoms with Crippen LogP contribution < -0.4 is 0 Å². The predicted molar refractivity (Wildman–Crippen MR) is 91.7 cm³/mol. The van der Waals surface area contributed by atoms with Crippen LogP contribution in [0.5, 0.6) is 0 Å². The van der Waals surface area contributed by atoms with Crippen molar-refractivity contribution >= 4 is 35.3 Å². The Balaban J connectivity index is 1.87. The Morgan fingerprint density at radius 3 is 2.54 bits per heavy atom. The van der Waals surface area contributed by atoms with Crippen LogP contribution in [0.2, 0.25) is 5.02 Å². The second-order valence-electron chi connectivity index (χ2n) is 4.63. The maximum absolute atomic E-state index is 11.4. The van der Waals surface area contributed by atoms with Crippen LogP contribution in [0.4, 0.5) is 5.69 Å². The van der Waals surface area contributed by atoms with Crippen molar-refractivity contribution in [1.29, 1.82) is 0 Å². The number of rotatable bonds is 5. The maximum atomic E-state index is 11.4. The molecular weight excluding hydrogens is 350 g/mol. The van der Waals surface area contributed by atoms with E-state index in [0.717, 1.165) is 4.90 Å². The van der Waals surface area contributed by atoms with Gasteiger partial charge in [0.05, 0.1) is 16.0 Å². The summed E-state index contributed by atoms with van der Waals surface area (Å²) in [6.07, 6.45) is 4.36.